The maximum atomic E-state index is 14.0. The standard InChI is InChI=1S/C30H24N4O8S2/c1-4-41-29(36)26-17(2)31-30-32(27(26)18-9-12-21(43-3)13-10-18)28(35)25(44-30)15-19-7-5-6-8-23(19)42-24-14-11-20(33(37)38)16-22(24)34(39)40/h5-16,27H,4H2,1-3H3/b25-15+/t27-/m1/s1. The molecule has 0 spiro atoms. The smallest absolute Gasteiger partial charge is 0.338 e. The molecule has 0 fully saturated rings. The average molecular weight is 633 g/mol. The molecule has 0 radical (unpaired) electrons. The summed E-state index contributed by atoms with van der Waals surface area (Å²) in [6.45, 7) is 3.56. The Morgan fingerprint density at radius 2 is 1.80 bits per heavy atom. The molecule has 0 saturated heterocycles. The predicted molar refractivity (Wildman–Crippen MR) is 165 cm³/mol. The number of esters is 1. The first-order chi connectivity index (χ1) is 21.1. The Balaban J connectivity index is 1.63. The highest BCUT2D eigenvalue weighted by molar-refractivity contribution is 7.98. The van der Waals surface area contributed by atoms with Gasteiger partial charge in [0.25, 0.3) is 11.2 Å². The number of para-hydroxylation sites is 1. The molecular formula is C30H24N4O8S2. The third-order valence-electron chi connectivity index (χ3n) is 6.72. The van der Waals surface area contributed by atoms with Crippen molar-refractivity contribution in [3.05, 3.63) is 129 Å². The van der Waals surface area contributed by atoms with Crippen molar-refractivity contribution in [2.75, 3.05) is 12.9 Å². The van der Waals surface area contributed by atoms with Crippen LogP contribution in [0.5, 0.6) is 11.5 Å². The molecule has 44 heavy (non-hydrogen) atoms. The molecule has 1 aliphatic rings. The van der Waals surface area contributed by atoms with Gasteiger partial charge in [0, 0.05) is 16.5 Å². The molecule has 0 aliphatic carbocycles. The van der Waals surface area contributed by atoms with E-state index in [1.165, 1.54) is 4.57 Å². The normalized spacial score (nSPS) is 14.5. The second-order valence-corrected chi connectivity index (χ2v) is 11.3. The van der Waals surface area contributed by atoms with E-state index in [9.17, 15) is 29.8 Å². The topological polar surface area (TPSA) is 156 Å². The summed E-state index contributed by atoms with van der Waals surface area (Å²) < 4.78 is 12.9. The lowest BCUT2D eigenvalue weighted by atomic mass is 9.96. The maximum absolute atomic E-state index is 14.0. The summed E-state index contributed by atoms with van der Waals surface area (Å²) in [5.74, 6) is -0.584. The first-order valence-corrected chi connectivity index (χ1v) is 15.2. The van der Waals surface area contributed by atoms with Crippen molar-refractivity contribution in [2.45, 2.75) is 24.8 Å². The lowest BCUT2D eigenvalue weighted by molar-refractivity contribution is -0.394. The third kappa shape index (κ3) is 5.89. The molecule has 224 valence electrons. The van der Waals surface area contributed by atoms with Crippen LogP contribution in [0.25, 0.3) is 6.08 Å². The lowest BCUT2D eigenvalue weighted by Crippen LogP contribution is -2.39. The summed E-state index contributed by atoms with van der Waals surface area (Å²) in [4.78, 5) is 54.4. The average Bonchev–Trinajstić information content (AvgIpc) is 3.31. The minimum absolute atomic E-state index is 0.155. The molecule has 1 aliphatic heterocycles. The van der Waals surface area contributed by atoms with E-state index in [0.717, 1.165) is 34.4 Å². The molecule has 1 atom stereocenters. The zero-order valence-electron chi connectivity index (χ0n) is 23.6. The molecule has 5 rings (SSSR count). The SMILES string of the molecule is CCOC(=O)C1=C(C)N=c2s/c(=C/c3ccccc3Oc3ccc([N+](=O)[O-])cc3[N+](=O)[O-])c(=O)n2[C@@H]1c1ccc(SC)cc1. The summed E-state index contributed by atoms with van der Waals surface area (Å²) in [6.07, 6.45) is 3.53. The van der Waals surface area contributed by atoms with Gasteiger partial charge in [-0.3, -0.25) is 29.6 Å². The van der Waals surface area contributed by atoms with Gasteiger partial charge in [-0.2, -0.15) is 0 Å². The number of carbonyl (C=O) groups excluding carboxylic acids is 1. The van der Waals surface area contributed by atoms with Crippen molar-refractivity contribution in [3.8, 4) is 11.5 Å². The first-order valence-electron chi connectivity index (χ1n) is 13.2. The Kier molecular flexibility index (Phi) is 8.73. The fraction of sp³-hybridized carbons (Fsp3) is 0.167. The second-order valence-electron chi connectivity index (χ2n) is 9.38. The van der Waals surface area contributed by atoms with Gasteiger partial charge < -0.3 is 9.47 Å². The molecular weight excluding hydrogens is 608 g/mol. The first kappa shape index (κ1) is 30.4. The Morgan fingerprint density at radius 1 is 1.07 bits per heavy atom. The number of nitrogens with zero attached hydrogens (tertiary/aromatic N) is 4. The summed E-state index contributed by atoms with van der Waals surface area (Å²) in [6, 6.07) is 16.5. The minimum Gasteiger partial charge on any atom is -0.463 e. The Morgan fingerprint density at radius 3 is 2.45 bits per heavy atom. The molecule has 14 heteroatoms. The van der Waals surface area contributed by atoms with Gasteiger partial charge in [-0.25, -0.2) is 9.79 Å². The zero-order chi connectivity index (χ0) is 31.5. The van der Waals surface area contributed by atoms with Crippen molar-refractivity contribution in [3.63, 3.8) is 0 Å². The van der Waals surface area contributed by atoms with Gasteiger partial charge >= 0.3 is 11.7 Å². The summed E-state index contributed by atoms with van der Waals surface area (Å²) >= 11 is 2.69. The van der Waals surface area contributed by atoms with E-state index in [-0.39, 0.29) is 28.2 Å². The van der Waals surface area contributed by atoms with E-state index >= 15 is 0 Å². The fourth-order valence-corrected chi connectivity index (χ4v) is 6.14. The largest absolute Gasteiger partial charge is 0.463 e. The highest BCUT2D eigenvalue weighted by Gasteiger charge is 2.33. The molecule has 1 aromatic heterocycles. The Bertz CT molecular complexity index is 2020. The molecule has 4 aromatic rings. The maximum Gasteiger partial charge on any atom is 0.338 e. The van der Waals surface area contributed by atoms with Crippen LogP contribution < -0.4 is 19.6 Å². The predicted octanol–water partition coefficient (Wildman–Crippen LogP) is 5.13. The molecule has 12 nitrogen and oxygen atoms in total. The van der Waals surface area contributed by atoms with Gasteiger partial charge in [-0.05, 0) is 56.0 Å². The molecule has 3 aromatic carbocycles. The van der Waals surface area contributed by atoms with Gasteiger partial charge in [0.2, 0.25) is 5.75 Å². The number of hydrogen-bond donors (Lipinski definition) is 0. The number of nitro benzene ring substituents is 2. The monoisotopic (exact) mass is 632 g/mol. The van der Waals surface area contributed by atoms with Gasteiger partial charge in [0.1, 0.15) is 5.75 Å². The van der Waals surface area contributed by atoms with Crippen LogP contribution in [0, 0.1) is 20.2 Å². The van der Waals surface area contributed by atoms with E-state index < -0.39 is 38.8 Å². The summed E-state index contributed by atoms with van der Waals surface area (Å²) in [5, 5.41) is 22.8. The van der Waals surface area contributed by atoms with Crippen LogP contribution in [0.1, 0.15) is 31.0 Å². The minimum atomic E-state index is -0.780. The van der Waals surface area contributed by atoms with Crippen molar-refractivity contribution in [1.82, 2.24) is 4.57 Å². The van der Waals surface area contributed by atoms with Gasteiger partial charge in [-0.15, -0.1) is 11.8 Å². The quantitative estimate of drug-likeness (QED) is 0.106. The van der Waals surface area contributed by atoms with Crippen molar-refractivity contribution in [2.24, 2.45) is 4.99 Å². The van der Waals surface area contributed by atoms with Crippen LogP contribution in [0.3, 0.4) is 0 Å². The second kappa shape index (κ2) is 12.7. The zero-order valence-corrected chi connectivity index (χ0v) is 25.2. The van der Waals surface area contributed by atoms with Crippen LogP contribution in [0.15, 0.2) is 92.7 Å². The number of benzene rings is 3. The van der Waals surface area contributed by atoms with Gasteiger partial charge in [-0.1, -0.05) is 41.7 Å². The van der Waals surface area contributed by atoms with E-state index in [1.807, 2.05) is 30.5 Å². The number of ether oxygens (including phenoxy) is 2. The number of fused-ring (bicyclic) bond motifs is 1. The van der Waals surface area contributed by atoms with Crippen molar-refractivity contribution < 1.29 is 24.1 Å². The number of nitro groups is 2. The lowest BCUT2D eigenvalue weighted by Gasteiger charge is -2.24. The molecule has 0 saturated carbocycles. The summed E-state index contributed by atoms with van der Waals surface area (Å²) in [5.41, 5.74) is 0.394. The highest BCUT2D eigenvalue weighted by atomic mass is 32.2. The van der Waals surface area contributed by atoms with Crippen molar-refractivity contribution >= 4 is 46.5 Å². The van der Waals surface area contributed by atoms with Gasteiger partial charge in [0.05, 0.1) is 44.4 Å². The van der Waals surface area contributed by atoms with E-state index in [4.69, 9.17) is 9.47 Å². The molecule has 0 bridgehead atoms. The van der Waals surface area contributed by atoms with Crippen LogP contribution >= 0.6 is 23.1 Å². The number of rotatable bonds is 9. The fourth-order valence-electron chi connectivity index (χ4n) is 4.69. The number of non-ortho nitro benzene ring substituents is 1. The number of aromatic nitrogens is 1. The Hall–Kier alpha value is -5.08. The molecule has 2 heterocycles. The molecule has 0 unspecified atom stereocenters. The highest BCUT2D eigenvalue weighted by Crippen LogP contribution is 2.36. The number of allylic oxidation sites excluding steroid dienone is 1. The van der Waals surface area contributed by atoms with Crippen LogP contribution in [-0.4, -0.2) is 33.2 Å². The van der Waals surface area contributed by atoms with Crippen LogP contribution in [0.2, 0.25) is 0 Å². The number of hydrogen-bond acceptors (Lipinski definition) is 11. The molecule has 0 N–H and O–H groups in total. The van der Waals surface area contributed by atoms with Gasteiger partial charge in [0.15, 0.2) is 4.80 Å². The Labute approximate surface area is 257 Å². The van der Waals surface area contributed by atoms with Crippen molar-refractivity contribution in [1.29, 1.82) is 0 Å². The van der Waals surface area contributed by atoms with E-state index in [1.54, 1.807) is 56.0 Å². The van der Waals surface area contributed by atoms with E-state index in [0.29, 0.717) is 21.6 Å². The third-order valence-corrected chi connectivity index (χ3v) is 8.45. The molecule has 0 amide bonds. The number of carbonyl (C=O) groups is 1. The van der Waals surface area contributed by atoms with E-state index in [2.05, 4.69) is 4.99 Å². The van der Waals surface area contributed by atoms with Crippen LogP contribution in [0.4, 0.5) is 11.4 Å². The number of thioether (sulfide) groups is 1. The van der Waals surface area contributed by atoms with Crippen LogP contribution in [-0.2, 0) is 9.53 Å². The number of thiazole rings is 1. The summed E-state index contributed by atoms with van der Waals surface area (Å²) in [7, 11) is 0.